The molecule has 1 aliphatic rings. The van der Waals surface area contributed by atoms with E-state index in [-0.39, 0.29) is 0 Å². The number of aromatic carboxylic acids is 1. The van der Waals surface area contributed by atoms with Crippen molar-refractivity contribution in [2.45, 2.75) is 37.0 Å². The van der Waals surface area contributed by atoms with Crippen molar-refractivity contribution in [3.8, 4) is 0 Å². The van der Waals surface area contributed by atoms with Gasteiger partial charge in [0.25, 0.3) is 0 Å². The predicted octanol–water partition coefficient (Wildman–Crippen LogP) is 3.47. The third-order valence-electron chi connectivity index (χ3n) is 3.52. The highest BCUT2D eigenvalue weighted by Gasteiger charge is 2.21. The Morgan fingerprint density at radius 1 is 1.28 bits per heavy atom. The summed E-state index contributed by atoms with van der Waals surface area (Å²) in [5.74, 6) is -0.865. The first kappa shape index (κ1) is 13.3. The van der Waals surface area contributed by atoms with Gasteiger partial charge in [0, 0.05) is 17.0 Å². The van der Waals surface area contributed by atoms with Gasteiger partial charge in [-0.15, -0.1) is 0 Å². The molecule has 3 nitrogen and oxygen atoms in total. The molecule has 0 spiro atoms. The number of thioether (sulfide) groups is 1. The number of hydrogen-bond acceptors (Lipinski definition) is 3. The molecular weight excluding hydrogens is 246 g/mol. The lowest BCUT2D eigenvalue weighted by atomic mass is 9.94. The molecule has 4 heteroatoms. The monoisotopic (exact) mass is 265 g/mol. The van der Waals surface area contributed by atoms with Crippen LogP contribution in [-0.2, 0) is 0 Å². The second-order valence-corrected chi connectivity index (χ2v) is 5.84. The fraction of sp³-hybridized carbons (Fsp3) is 0.500. The van der Waals surface area contributed by atoms with Gasteiger partial charge < -0.3 is 10.4 Å². The van der Waals surface area contributed by atoms with E-state index >= 15 is 0 Å². The normalized spacial score (nSPS) is 23.6. The van der Waals surface area contributed by atoms with E-state index in [1.54, 1.807) is 12.1 Å². The molecular formula is C14H19NO2S. The van der Waals surface area contributed by atoms with Crippen molar-refractivity contribution in [3.63, 3.8) is 0 Å². The number of para-hydroxylation sites is 1. The first-order valence-corrected chi connectivity index (χ1v) is 7.61. The lowest BCUT2D eigenvalue weighted by molar-refractivity contribution is 0.0698. The Labute approximate surface area is 112 Å². The molecule has 0 radical (unpaired) electrons. The van der Waals surface area contributed by atoms with E-state index in [9.17, 15) is 4.79 Å². The fourth-order valence-electron chi connectivity index (χ4n) is 2.46. The Bertz CT molecular complexity index is 414. The first-order chi connectivity index (χ1) is 8.70. The number of anilines is 1. The van der Waals surface area contributed by atoms with Gasteiger partial charge in [-0.3, -0.25) is 0 Å². The molecule has 98 valence electrons. The van der Waals surface area contributed by atoms with Crippen molar-refractivity contribution >= 4 is 23.4 Å². The molecule has 0 atom stereocenters. The summed E-state index contributed by atoms with van der Waals surface area (Å²) in [5, 5.41) is 13.3. The van der Waals surface area contributed by atoms with Crippen LogP contribution in [0, 0.1) is 0 Å². The van der Waals surface area contributed by atoms with E-state index in [1.807, 2.05) is 23.9 Å². The van der Waals surface area contributed by atoms with Crippen LogP contribution in [0.25, 0.3) is 0 Å². The average molecular weight is 265 g/mol. The van der Waals surface area contributed by atoms with Crippen molar-refractivity contribution in [2.24, 2.45) is 0 Å². The SMILES string of the molecule is CSC1CCC(Nc2ccccc2C(=O)O)CC1. The quantitative estimate of drug-likeness (QED) is 0.875. The highest BCUT2D eigenvalue weighted by molar-refractivity contribution is 7.99. The summed E-state index contributed by atoms with van der Waals surface area (Å²) in [6, 6.07) is 7.55. The van der Waals surface area contributed by atoms with Crippen LogP contribution in [0.2, 0.25) is 0 Å². The minimum Gasteiger partial charge on any atom is -0.478 e. The van der Waals surface area contributed by atoms with Crippen LogP contribution < -0.4 is 5.32 Å². The van der Waals surface area contributed by atoms with E-state index in [0.717, 1.165) is 23.8 Å². The summed E-state index contributed by atoms with van der Waals surface area (Å²) < 4.78 is 0. The van der Waals surface area contributed by atoms with Gasteiger partial charge in [-0.1, -0.05) is 12.1 Å². The third-order valence-corrected chi connectivity index (χ3v) is 4.66. The molecule has 0 heterocycles. The van der Waals surface area contributed by atoms with Gasteiger partial charge in [0.2, 0.25) is 0 Å². The number of carbonyl (C=O) groups is 1. The standard InChI is InChI=1S/C14H19NO2S/c1-18-11-8-6-10(7-9-11)15-13-5-3-2-4-12(13)14(16)17/h2-5,10-11,15H,6-9H2,1H3,(H,16,17). The minimum atomic E-state index is -0.865. The Morgan fingerprint density at radius 2 is 1.94 bits per heavy atom. The number of carboxylic acids is 1. The third kappa shape index (κ3) is 3.19. The lowest BCUT2D eigenvalue weighted by Gasteiger charge is -2.29. The number of rotatable bonds is 4. The summed E-state index contributed by atoms with van der Waals surface area (Å²) in [6.45, 7) is 0. The van der Waals surface area contributed by atoms with E-state index in [2.05, 4.69) is 11.6 Å². The largest absolute Gasteiger partial charge is 0.478 e. The van der Waals surface area contributed by atoms with Crippen LogP contribution in [-0.4, -0.2) is 28.6 Å². The van der Waals surface area contributed by atoms with Crippen LogP contribution in [0.15, 0.2) is 24.3 Å². The molecule has 0 bridgehead atoms. The van der Waals surface area contributed by atoms with Crippen molar-refractivity contribution in [2.75, 3.05) is 11.6 Å². The summed E-state index contributed by atoms with van der Waals surface area (Å²) in [6.07, 6.45) is 6.85. The number of carboxylic acid groups (broad SMARTS) is 1. The molecule has 0 aromatic heterocycles. The molecule has 2 N–H and O–H groups in total. The van der Waals surface area contributed by atoms with Gasteiger partial charge in [0.1, 0.15) is 0 Å². The molecule has 1 saturated carbocycles. The fourth-order valence-corrected chi connectivity index (χ4v) is 3.20. The molecule has 1 aliphatic carbocycles. The molecule has 0 aliphatic heterocycles. The van der Waals surface area contributed by atoms with E-state index in [4.69, 9.17) is 5.11 Å². The summed E-state index contributed by atoms with van der Waals surface area (Å²) >= 11 is 1.94. The molecule has 0 unspecified atom stereocenters. The average Bonchev–Trinajstić information content (AvgIpc) is 2.40. The van der Waals surface area contributed by atoms with Crippen LogP contribution in [0.3, 0.4) is 0 Å². The van der Waals surface area contributed by atoms with Crippen molar-refractivity contribution in [3.05, 3.63) is 29.8 Å². The maximum Gasteiger partial charge on any atom is 0.337 e. The number of hydrogen-bond donors (Lipinski definition) is 2. The van der Waals surface area contributed by atoms with E-state index in [1.165, 1.54) is 12.8 Å². The van der Waals surface area contributed by atoms with Gasteiger partial charge in [-0.05, 0) is 44.1 Å². The maximum atomic E-state index is 11.1. The lowest BCUT2D eigenvalue weighted by Crippen LogP contribution is -2.27. The van der Waals surface area contributed by atoms with Gasteiger partial charge >= 0.3 is 5.97 Å². The molecule has 0 saturated heterocycles. The second kappa shape index (κ2) is 6.14. The van der Waals surface area contributed by atoms with Crippen LogP contribution in [0.5, 0.6) is 0 Å². The molecule has 1 aromatic carbocycles. The Morgan fingerprint density at radius 3 is 2.56 bits per heavy atom. The predicted molar refractivity (Wildman–Crippen MR) is 76.6 cm³/mol. The number of nitrogens with one attached hydrogen (secondary N) is 1. The molecule has 1 aromatic rings. The minimum absolute atomic E-state index is 0.365. The zero-order chi connectivity index (χ0) is 13.0. The van der Waals surface area contributed by atoms with Crippen molar-refractivity contribution in [1.82, 2.24) is 0 Å². The maximum absolute atomic E-state index is 11.1. The highest BCUT2D eigenvalue weighted by Crippen LogP contribution is 2.29. The van der Waals surface area contributed by atoms with Gasteiger partial charge in [-0.25, -0.2) is 4.79 Å². The van der Waals surface area contributed by atoms with Crippen molar-refractivity contribution in [1.29, 1.82) is 0 Å². The Hall–Kier alpha value is -1.16. The van der Waals surface area contributed by atoms with Gasteiger partial charge in [0.05, 0.1) is 5.56 Å². The first-order valence-electron chi connectivity index (χ1n) is 6.32. The van der Waals surface area contributed by atoms with E-state index < -0.39 is 5.97 Å². The smallest absolute Gasteiger partial charge is 0.337 e. The molecule has 2 rings (SSSR count). The van der Waals surface area contributed by atoms with Crippen LogP contribution in [0.4, 0.5) is 5.69 Å². The van der Waals surface area contributed by atoms with Crippen molar-refractivity contribution < 1.29 is 9.90 Å². The summed E-state index contributed by atoms with van der Waals surface area (Å²) in [7, 11) is 0. The Balaban J connectivity index is 2.00. The zero-order valence-electron chi connectivity index (χ0n) is 10.6. The molecule has 1 fully saturated rings. The van der Waals surface area contributed by atoms with Crippen LogP contribution in [0.1, 0.15) is 36.0 Å². The van der Waals surface area contributed by atoms with E-state index in [0.29, 0.717) is 11.6 Å². The Kier molecular flexibility index (Phi) is 4.53. The zero-order valence-corrected chi connectivity index (χ0v) is 11.4. The molecule has 0 amide bonds. The highest BCUT2D eigenvalue weighted by atomic mass is 32.2. The summed E-state index contributed by atoms with van der Waals surface area (Å²) in [4.78, 5) is 11.1. The van der Waals surface area contributed by atoms with Crippen LogP contribution >= 0.6 is 11.8 Å². The molecule has 18 heavy (non-hydrogen) atoms. The topological polar surface area (TPSA) is 49.3 Å². The second-order valence-electron chi connectivity index (χ2n) is 4.70. The van der Waals surface area contributed by atoms with Gasteiger partial charge in [0.15, 0.2) is 0 Å². The number of benzene rings is 1. The summed E-state index contributed by atoms with van der Waals surface area (Å²) in [5.41, 5.74) is 1.11. The van der Waals surface area contributed by atoms with Gasteiger partial charge in [-0.2, -0.15) is 11.8 Å².